The molecule has 110 valence electrons. The van der Waals surface area contributed by atoms with Gasteiger partial charge in [0.25, 0.3) is 0 Å². The van der Waals surface area contributed by atoms with E-state index in [4.69, 9.17) is 0 Å². The second-order valence-electron chi connectivity index (χ2n) is 4.89. The van der Waals surface area contributed by atoms with Gasteiger partial charge in [-0.25, -0.2) is 13.1 Å². The van der Waals surface area contributed by atoms with Crippen LogP contribution in [0.3, 0.4) is 0 Å². The smallest absolute Gasteiger partial charge is 0.240 e. The molecule has 0 bridgehead atoms. The molecule has 1 aromatic carbocycles. The molecule has 1 atom stereocenters. The summed E-state index contributed by atoms with van der Waals surface area (Å²) in [4.78, 5) is 11.8. The van der Waals surface area contributed by atoms with Crippen molar-refractivity contribution in [1.82, 2.24) is 4.72 Å². The van der Waals surface area contributed by atoms with Crippen LogP contribution in [0.5, 0.6) is 0 Å². The minimum Gasteiger partial charge on any atom is -0.294 e. The number of hydrogen-bond donors (Lipinski definition) is 1. The molecule has 6 heteroatoms. The summed E-state index contributed by atoms with van der Waals surface area (Å²) in [6.45, 7) is 2.24. The van der Waals surface area contributed by atoms with Crippen molar-refractivity contribution in [2.75, 3.05) is 18.1 Å². The summed E-state index contributed by atoms with van der Waals surface area (Å²) >= 11 is 1.86. The fourth-order valence-electron chi connectivity index (χ4n) is 2.10. The lowest BCUT2D eigenvalue weighted by molar-refractivity contribution is 0.0988. The number of sulfonamides is 1. The van der Waals surface area contributed by atoms with Crippen LogP contribution in [-0.2, 0) is 10.0 Å². The average molecular weight is 313 g/mol. The van der Waals surface area contributed by atoms with Crippen LogP contribution in [0, 0.1) is 5.92 Å². The maximum absolute atomic E-state index is 12.2. The lowest BCUT2D eigenvalue weighted by Gasteiger charge is -2.11. The molecule has 0 aromatic heterocycles. The topological polar surface area (TPSA) is 63.2 Å². The molecular formula is C14H19NO3S2. The fourth-order valence-corrected chi connectivity index (χ4v) is 4.54. The van der Waals surface area contributed by atoms with Crippen molar-refractivity contribution in [3.05, 3.63) is 29.8 Å². The van der Waals surface area contributed by atoms with E-state index in [-0.39, 0.29) is 10.7 Å². The van der Waals surface area contributed by atoms with Crippen molar-refractivity contribution < 1.29 is 13.2 Å². The molecule has 0 radical (unpaired) electrons. The number of Topliss-reactive ketones (excluding diaryl/α,β-unsaturated/α-hetero) is 1. The fraction of sp³-hybridized carbons (Fsp3) is 0.500. The number of thioether (sulfide) groups is 1. The van der Waals surface area contributed by atoms with Crippen molar-refractivity contribution in [3.8, 4) is 0 Å². The first-order valence-corrected chi connectivity index (χ1v) is 9.37. The second-order valence-corrected chi connectivity index (χ2v) is 7.80. The van der Waals surface area contributed by atoms with E-state index in [0.717, 1.165) is 17.9 Å². The molecule has 0 amide bonds. The molecule has 20 heavy (non-hydrogen) atoms. The molecule has 1 aliphatic heterocycles. The highest BCUT2D eigenvalue weighted by atomic mass is 32.2. The number of rotatable bonds is 6. The first-order chi connectivity index (χ1) is 9.53. The predicted molar refractivity (Wildman–Crippen MR) is 81.7 cm³/mol. The maximum Gasteiger partial charge on any atom is 0.240 e. The van der Waals surface area contributed by atoms with E-state index >= 15 is 0 Å². The third kappa shape index (κ3) is 3.84. The van der Waals surface area contributed by atoms with Crippen molar-refractivity contribution >= 4 is 27.6 Å². The molecule has 1 fully saturated rings. The lowest BCUT2D eigenvalue weighted by atomic mass is 10.1. The Kier molecular flexibility index (Phi) is 5.23. The zero-order valence-corrected chi connectivity index (χ0v) is 13.1. The van der Waals surface area contributed by atoms with Gasteiger partial charge in [-0.3, -0.25) is 4.79 Å². The highest BCUT2D eigenvalue weighted by molar-refractivity contribution is 7.99. The van der Waals surface area contributed by atoms with Gasteiger partial charge in [0.1, 0.15) is 0 Å². The monoisotopic (exact) mass is 313 g/mol. The van der Waals surface area contributed by atoms with Crippen LogP contribution < -0.4 is 4.72 Å². The Morgan fingerprint density at radius 3 is 2.90 bits per heavy atom. The first kappa shape index (κ1) is 15.5. The molecule has 1 unspecified atom stereocenters. The third-order valence-corrected chi connectivity index (χ3v) is 6.03. The zero-order chi connectivity index (χ0) is 14.6. The Hall–Kier alpha value is -0.850. The quantitative estimate of drug-likeness (QED) is 0.819. The molecule has 1 N–H and O–H groups in total. The van der Waals surface area contributed by atoms with Crippen LogP contribution in [0.4, 0.5) is 0 Å². The number of carbonyl (C=O) groups excluding carboxylic acids is 1. The van der Waals surface area contributed by atoms with Crippen molar-refractivity contribution in [2.24, 2.45) is 5.92 Å². The van der Waals surface area contributed by atoms with E-state index in [1.165, 1.54) is 12.1 Å². The standard InChI is InChI=1S/C14H19NO3S2/c1-2-14(16)12-4-3-5-13(8-12)20(17,18)15-9-11-6-7-19-10-11/h3-5,8,11,15H,2,6-7,9-10H2,1H3. The van der Waals surface area contributed by atoms with Gasteiger partial charge >= 0.3 is 0 Å². The van der Waals surface area contributed by atoms with E-state index in [9.17, 15) is 13.2 Å². The highest BCUT2D eigenvalue weighted by Crippen LogP contribution is 2.23. The van der Waals surface area contributed by atoms with E-state index < -0.39 is 10.0 Å². The molecule has 2 rings (SSSR count). The molecular weight excluding hydrogens is 294 g/mol. The van der Waals surface area contributed by atoms with Crippen molar-refractivity contribution in [1.29, 1.82) is 0 Å². The minimum absolute atomic E-state index is 0.0470. The Morgan fingerprint density at radius 1 is 1.45 bits per heavy atom. The molecule has 1 aliphatic rings. The van der Waals surface area contributed by atoms with E-state index in [2.05, 4.69) is 4.72 Å². The summed E-state index contributed by atoms with van der Waals surface area (Å²) in [5, 5.41) is 0. The zero-order valence-electron chi connectivity index (χ0n) is 11.5. The van der Waals surface area contributed by atoms with E-state index in [0.29, 0.717) is 24.4 Å². The second kappa shape index (κ2) is 6.74. The molecule has 4 nitrogen and oxygen atoms in total. The number of hydrogen-bond acceptors (Lipinski definition) is 4. The lowest BCUT2D eigenvalue weighted by Crippen LogP contribution is -2.29. The third-order valence-electron chi connectivity index (χ3n) is 3.37. The van der Waals surface area contributed by atoms with Crippen LogP contribution in [-0.4, -0.2) is 32.3 Å². The Labute approximate surface area is 124 Å². The SMILES string of the molecule is CCC(=O)c1cccc(S(=O)(=O)NCC2CCSC2)c1. The number of carbonyl (C=O) groups is 1. The molecule has 0 aliphatic carbocycles. The maximum atomic E-state index is 12.2. The van der Waals surface area contributed by atoms with E-state index in [1.54, 1.807) is 19.1 Å². The van der Waals surface area contributed by atoms with Gasteiger partial charge in [0.15, 0.2) is 5.78 Å². The summed E-state index contributed by atoms with van der Waals surface area (Å²) in [6, 6.07) is 6.25. The van der Waals surface area contributed by atoms with Gasteiger partial charge < -0.3 is 0 Å². The number of ketones is 1. The Balaban J connectivity index is 2.10. The van der Waals surface area contributed by atoms with Crippen LogP contribution in [0.15, 0.2) is 29.2 Å². The van der Waals surface area contributed by atoms with Gasteiger partial charge in [-0.05, 0) is 36.0 Å². The van der Waals surface area contributed by atoms with Gasteiger partial charge in [-0.1, -0.05) is 19.1 Å². The Morgan fingerprint density at radius 2 is 2.25 bits per heavy atom. The number of benzene rings is 1. The summed E-state index contributed by atoms with van der Waals surface area (Å²) in [7, 11) is -3.52. The highest BCUT2D eigenvalue weighted by Gasteiger charge is 2.20. The summed E-state index contributed by atoms with van der Waals surface area (Å²) in [6.07, 6.45) is 1.43. The summed E-state index contributed by atoms with van der Waals surface area (Å²) in [5.74, 6) is 2.48. The normalized spacial score (nSPS) is 19.1. The van der Waals surface area contributed by atoms with E-state index in [1.807, 2.05) is 11.8 Å². The number of nitrogens with one attached hydrogen (secondary N) is 1. The van der Waals surface area contributed by atoms with Gasteiger partial charge in [0.2, 0.25) is 10.0 Å². The molecule has 0 saturated carbocycles. The van der Waals surface area contributed by atoms with Gasteiger partial charge in [0.05, 0.1) is 4.90 Å². The van der Waals surface area contributed by atoms with Gasteiger partial charge in [0, 0.05) is 18.5 Å². The van der Waals surface area contributed by atoms with Gasteiger partial charge in [-0.15, -0.1) is 0 Å². The molecule has 1 aromatic rings. The van der Waals surface area contributed by atoms with Crippen LogP contribution >= 0.6 is 11.8 Å². The largest absolute Gasteiger partial charge is 0.294 e. The van der Waals surface area contributed by atoms with Crippen molar-refractivity contribution in [2.45, 2.75) is 24.7 Å². The van der Waals surface area contributed by atoms with Gasteiger partial charge in [-0.2, -0.15) is 11.8 Å². The Bertz CT molecular complexity index is 578. The molecule has 1 heterocycles. The predicted octanol–water partition coefficient (Wildman–Crippen LogP) is 2.31. The van der Waals surface area contributed by atoms with Crippen molar-refractivity contribution in [3.63, 3.8) is 0 Å². The van der Waals surface area contributed by atoms with Crippen LogP contribution in [0.25, 0.3) is 0 Å². The van der Waals surface area contributed by atoms with Crippen LogP contribution in [0.2, 0.25) is 0 Å². The molecule has 0 spiro atoms. The minimum atomic E-state index is -3.52. The average Bonchev–Trinajstić information content (AvgIpc) is 2.98. The summed E-state index contributed by atoms with van der Waals surface area (Å²) in [5.41, 5.74) is 0.451. The summed E-state index contributed by atoms with van der Waals surface area (Å²) < 4.78 is 27.1. The van der Waals surface area contributed by atoms with Crippen LogP contribution in [0.1, 0.15) is 30.1 Å². The molecule has 1 saturated heterocycles. The first-order valence-electron chi connectivity index (χ1n) is 6.73.